The van der Waals surface area contributed by atoms with Crippen molar-refractivity contribution in [2.24, 2.45) is 0 Å². The van der Waals surface area contributed by atoms with E-state index >= 15 is 0 Å². The molecule has 0 bridgehead atoms. The van der Waals surface area contributed by atoms with Crippen LogP contribution in [0.2, 0.25) is 0 Å². The summed E-state index contributed by atoms with van der Waals surface area (Å²) in [5.41, 5.74) is 6.85. The van der Waals surface area contributed by atoms with Crippen LogP contribution in [-0.4, -0.2) is 23.2 Å². The summed E-state index contributed by atoms with van der Waals surface area (Å²) in [6.45, 7) is 0.0283. The number of carbonyl (C=O) groups excluding carboxylic acids is 1. The van der Waals surface area contributed by atoms with Gasteiger partial charge in [0, 0.05) is 5.69 Å². The molecule has 0 spiro atoms. The number of hydrogen-bond donors (Lipinski definition) is 3. The van der Waals surface area contributed by atoms with Gasteiger partial charge in [-0.05, 0) is 37.0 Å². The second-order valence-electron chi connectivity index (χ2n) is 4.76. The Morgan fingerprint density at radius 1 is 1.35 bits per heavy atom. The van der Waals surface area contributed by atoms with Crippen LogP contribution in [-0.2, 0) is 11.2 Å². The molecule has 17 heavy (non-hydrogen) atoms. The number of anilines is 1. The van der Waals surface area contributed by atoms with Crippen molar-refractivity contribution in [3.63, 3.8) is 0 Å². The molecule has 0 radical (unpaired) electrons. The fourth-order valence-corrected chi connectivity index (χ4v) is 2.09. The second-order valence-corrected chi connectivity index (χ2v) is 4.76. The molecule has 2 rings (SSSR count). The lowest BCUT2D eigenvalue weighted by Crippen LogP contribution is -2.56. The third kappa shape index (κ3) is 2.77. The van der Waals surface area contributed by atoms with Crippen LogP contribution in [0, 0.1) is 0 Å². The fraction of sp³-hybridized carbons (Fsp3) is 0.462. The first-order valence-electron chi connectivity index (χ1n) is 5.90. The van der Waals surface area contributed by atoms with E-state index in [1.165, 1.54) is 0 Å². The number of nitrogens with one attached hydrogen (secondary N) is 1. The minimum Gasteiger partial charge on any atom is -0.399 e. The first kappa shape index (κ1) is 11.9. The number of rotatable bonds is 4. The minimum atomic E-state index is -0.356. The van der Waals surface area contributed by atoms with E-state index in [9.17, 15) is 9.90 Å². The van der Waals surface area contributed by atoms with Crippen LogP contribution in [0.25, 0.3) is 0 Å². The summed E-state index contributed by atoms with van der Waals surface area (Å²) in [4.78, 5) is 11.8. The van der Waals surface area contributed by atoms with Crippen LogP contribution in [0.1, 0.15) is 24.8 Å². The number of nitrogen functional groups attached to an aromatic ring is 1. The first-order chi connectivity index (χ1) is 8.13. The lowest BCUT2D eigenvalue weighted by atomic mass is 9.77. The van der Waals surface area contributed by atoms with Gasteiger partial charge in [-0.15, -0.1) is 0 Å². The summed E-state index contributed by atoms with van der Waals surface area (Å²) >= 11 is 0. The Bertz CT molecular complexity index is 391. The maximum atomic E-state index is 11.8. The van der Waals surface area contributed by atoms with E-state index in [4.69, 9.17) is 5.73 Å². The summed E-state index contributed by atoms with van der Waals surface area (Å²) in [6, 6.07) is 7.27. The zero-order valence-corrected chi connectivity index (χ0v) is 9.78. The predicted octanol–water partition coefficient (Wildman–Crippen LogP) is 0.842. The van der Waals surface area contributed by atoms with Gasteiger partial charge in [-0.3, -0.25) is 4.79 Å². The molecular weight excluding hydrogens is 216 g/mol. The number of hydrogen-bond acceptors (Lipinski definition) is 3. The molecular formula is C13H18N2O2. The maximum Gasteiger partial charge on any atom is 0.224 e. The molecule has 0 heterocycles. The standard InChI is InChI=1S/C13H18N2O2/c14-11-4-2-10(3-5-11)8-12(17)15-13(9-16)6-1-7-13/h2-5,16H,1,6-9,14H2,(H,15,17). The van der Waals surface area contributed by atoms with Crippen LogP contribution in [0.4, 0.5) is 5.69 Å². The summed E-state index contributed by atoms with van der Waals surface area (Å²) in [5, 5.41) is 12.2. The molecule has 1 aliphatic carbocycles. The van der Waals surface area contributed by atoms with Crippen molar-refractivity contribution in [1.82, 2.24) is 5.32 Å². The predicted molar refractivity (Wildman–Crippen MR) is 66.4 cm³/mol. The zero-order chi connectivity index (χ0) is 12.3. The Hall–Kier alpha value is -1.55. The van der Waals surface area contributed by atoms with Gasteiger partial charge < -0.3 is 16.2 Å². The SMILES string of the molecule is Nc1ccc(CC(=O)NC2(CO)CCC2)cc1. The highest BCUT2D eigenvalue weighted by atomic mass is 16.3. The second kappa shape index (κ2) is 4.75. The van der Waals surface area contributed by atoms with E-state index in [2.05, 4.69) is 5.32 Å². The molecule has 92 valence electrons. The molecule has 0 aliphatic heterocycles. The monoisotopic (exact) mass is 234 g/mol. The number of nitrogens with two attached hydrogens (primary N) is 1. The topological polar surface area (TPSA) is 75.4 Å². The molecule has 1 aromatic carbocycles. The fourth-order valence-electron chi connectivity index (χ4n) is 2.09. The van der Waals surface area contributed by atoms with E-state index < -0.39 is 0 Å². The van der Waals surface area contributed by atoms with E-state index in [1.54, 1.807) is 12.1 Å². The van der Waals surface area contributed by atoms with Crippen molar-refractivity contribution in [3.8, 4) is 0 Å². The highest BCUT2D eigenvalue weighted by molar-refractivity contribution is 5.79. The van der Waals surface area contributed by atoms with Crippen molar-refractivity contribution < 1.29 is 9.90 Å². The van der Waals surface area contributed by atoms with Gasteiger partial charge in [0.05, 0.1) is 18.6 Å². The molecule has 0 unspecified atom stereocenters. The van der Waals surface area contributed by atoms with Crippen molar-refractivity contribution >= 4 is 11.6 Å². The molecule has 1 aromatic rings. The van der Waals surface area contributed by atoms with Crippen molar-refractivity contribution in [2.45, 2.75) is 31.2 Å². The molecule has 4 nitrogen and oxygen atoms in total. The Morgan fingerprint density at radius 2 is 2.00 bits per heavy atom. The molecule has 1 amide bonds. The van der Waals surface area contributed by atoms with Gasteiger partial charge in [0.1, 0.15) is 0 Å². The van der Waals surface area contributed by atoms with Crippen LogP contribution >= 0.6 is 0 Å². The summed E-state index contributed by atoms with van der Waals surface area (Å²) < 4.78 is 0. The number of aliphatic hydroxyl groups is 1. The molecule has 4 N–H and O–H groups in total. The molecule has 0 atom stereocenters. The van der Waals surface area contributed by atoms with Gasteiger partial charge in [0.25, 0.3) is 0 Å². The summed E-state index contributed by atoms with van der Waals surface area (Å²) in [5.74, 6) is -0.0384. The van der Waals surface area contributed by atoms with Gasteiger partial charge in [-0.25, -0.2) is 0 Å². The lowest BCUT2D eigenvalue weighted by molar-refractivity contribution is -0.124. The van der Waals surface area contributed by atoms with Crippen LogP contribution < -0.4 is 11.1 Å². The average Bonchev–Trinajstić information content (AvgIpc) is 2.27. The summed E-state index contributed by atoms with van der Waals surface area (Å²) in [6.07, 6.45) is 3.15. The number of amides is 1. The highest BCUT2D eigenvalue weighted by Gasteiger charge is 2.37. The Kier molecular flexibility index (Phi) is 3.33. The maximum absolute atomic E-state index is 11.8. The number of carbonyl (C=O) groups is 1. The molecule has 1 saturated carbocycles. The Balaban J connectivity index is 1.91. The zero-order valence-electron chi connectivity index (χ0n) is 9.78. The van der Waals surface area contributed by atoms with E-state index in [1.807, 2.05) is 12.1 Å². The normalized spacial score (nSPS) is 17.2. The van der Waals surface area contributed by atoms with Crippen LogP contribution in [0.15, 0.2) is 24.3 Å². The van der Waals surface area contributed by atoms with Crippen LogP contribution in [0.3, 0.4) is 0 Å². The van der Waals surface area contributed by atoms with Gasteiger partial charge in [-0.2, -0.15) is 0 Å². The van der Waals surface area contributed by atoms with E-state index in [-0.39, 0.29) is 18.1 Å². The third-order valence-corrected chi connectivity index (χ3v) is 3.36. The largest absolute Gasteiger partial charge is 0.399 e. The average molecular weight is 234 g/mol. The van der Waals surface area contributed by atoms with Crippen molar-refractivity contribution in [3.05, 3.63) is 29.8 Å². The lowest BCUT2D eigenvalue weighted by Gasteiger charge is -2.41. The van der Waals surface area contributed by atoms with E-state index in [0.29, 0.717) is 12.1 Å². The van der Waals surface area contributed by atoms with E-state index in [0.717, 1.165) is 24.8 Å². The summed E-state index contributed by atoms with van der Waals surface area (Å²) in [7, 11) is 0. The third-order valence-electron chi connectivity index (χ3n) is 3.36. The van der Waals surface area contributed by atoms with Gasteiger partial charge >= 0.3 is 0 Å². The Morgan fingerprint density at radius 3 is 2.47 bits per heavy atom. The van der Waals surface area contributed by atoms with Crippen molar-refractivity contribution in [1.29, 1.82) is 0 Å². The van der Waals surface area contributed by atoms with Gasteiger partial charge in [0.15, 0.2) is 0 Å². The molecule has 0 saturated heterocycles. The van der Waals surface area contributed by atoms with Gasteiger partial charge in [-0.1, -0.05) is 12.1 Å². The molecule has 0 aromatic heterocycles. The molecule has 1 fully saturated rings. The highest BCUT2D eigenvalue weighted by Crippen LogP contribution is 2.31. The first-order valence-corrected chi connectivity index (χ1v) is 5.90. The van der Waals surface area contributed by atoms with Gasteiger partial charge in [0.2, 0.25) is 5.91 Å². The number of benzene rings is 1. The van der Waals surface area contributed by atoms with Crippen molar-refractivity contribution in [2.75, 3.05) is 12.3 Å². The molecule has 1 aliphatic rings. The molecule has 4 heteroatoms. The number of aliphatic hydroxyl groups excluding tert-OH is 1. The van der Waals surface area contributed by atoms with Crippen LogP contribution in [0.5, 0.6) is 0 Å². The Labute approximate surface area is 101 Å². The smallest absolute Gasteiger partial charge is 0.224 e. The quantitative estimate of drug-likeness (QED) is 0.676. The minimum absolute atomic E-state index is 0.0283.